The average molecular weight is 520 g/mol. The summed E-state index contributed by atoms with van der Waals surface area (Å²) in [7, 11) is 3.30. The van der Waals surface area contributed by atoms with E-state index in [1.54, 1.807) is 21.0 Å². The molecular weight excluding hydrogens is 474 g/mol. The first-order valence-electron chi connectivity index (χ1n) is 12.9. The van der Waals surface area contributed by atoms with Crippen LogP contribution in [0.5, 0.6) is 0 Å². The minimum atomic E-state index is -1.29. The largest absolute Gasteiger partial charge is 0.391 e. The molecule has 208 valence electrons. The molecule has 10 heteroatoms. The molecule has 6 N–H and O–H groups in total. The molecule has 0 fully saturated rings. The van der Waals surface area contributed by atoms with Crippen LogP contribution in [0, 0.1) is 11.8 Å². The number of primary amides is 1. The van der Waals surface area contributed by atoms with Crippen LogP contribution < -0.4 is 21.7 Å². The zero-order chi connectivity index (χ0) is 28.3. The molecule has 0 aliphatic rings. The van der Waals surface area contributed by atoms with Crippen LogP contribution in [-0.2, 0) is 25.6 Å². The van der Waals surface area contributed by atoms with E-state index in [4.69, 9.17) is 5.73 Å². The number of aliphatic hydroxyl groups is 1. The molecule has 1 aromatic carbocycles. The van der Waals surface area contributed by atoms with Gasteiger partial charge in [0.1, 0.15) is 18.1 Å². The number of hydrogen-bond donors (Lipinski definition) is 5. The second kappa shape index (κ2) is 15.3. The highest BCUT2D eigenvalue weighted by atomic mass is 16.3. The number of rotatable bonds is 15. The number of carbonyl (C=O) groups excluding carboxylic acids is 4. The summed E-state index contributed by atoms with van der Waals surface area (Å²) >= 11 is 0. The second-order valence-electron chi connectivity index (χ2n) is 10.1. The van der Waals surface area contributed by atoms with Gasteiger partial charge in [-0.2, -0.15) is 0 Å². The van der Waals surface area contributed by atoms with Crippen LogP contribution in [0.3, 0.4) is 0 Å². The molecule has 0 aliphatic carbocycles. The Morgan fingerprint density at radius 2 is 1.54 bits per heavy atom. The van der Waals surface area contributed by atoms with Crippen molar-refractivity contribution in [2.75, 3.05) is 14.1 Å². The number of nitrogens with zero attached hydrogens (tertiary/aromatic N) is 1. The smallest absolute Gasteiger partial charge is 0.243 e. The first-order valence-corrected chi connectivity index (χ1v) is 12.9. The molecule has 4 amide bonds. The molecule has 0 aromatic heterocycles. The summed E-state index contributed by atoms with van der Waals surface area (Å²) in [6.07, 6.45) is 0.219. The zero-order valence-electron chi connectivity index (χ0n) is 23.2. The van der Waals surface area contributed by atoms with Crippen molar-refractivity contribution in [1.29, 1.82) is 0 Å². The Bertz CT molecular complexity index is 892. The van der Waals surface area contributed by atoms with E-state index in [1.165, 1.54) is 11.8 Å². The fourth-order valence-corrected chi connectivity index (χ4v) is 4.07. The number of benzene rings is 1. The lowest BCUT2D eigenvalue weighted by atomic mass is 9.95. The molecule has 0 heterocycles. The van der Waals surface area contributed by atoms with Gasteiger partial charge in [0.15, 0.2) is 0 Å². The Labute approximate surface area is 220 Å². The number of nitrogens with one attached hydrogen (secondary N) is 3. The maximum Gasteiger partial charge on any atom is 0.243 e. The molecule has 0 bridgehead atoms. The number of amides is 4. The third kappa shape index (κ3) is 9.77. The number of carbonyl (C=O) groups is 4. The predicted octanol–water partition coefficient (Wildman–Crippen LogP) is 0.572. The van der Waals surface area contributed by atoms with Crippen LogP contribution in [0.1, 0.15) is 53.0 Å². The van der Waals surface area contributed by atoms with E-state index in [-0.39, 0.29) is 17.7 Å². The van der Waals surface area contributed by atoms with Crippen LogP contribution in [0.25, 0.3) is 0 Å². The average Bonchev–Trinajstić information content (AvgIpc) is 2.85. The van der Waals surface area contributed by atoms with E-state index >= 15 is 0 Å². The van der Waals surface area contributed by atoms with Crippen LogP contribution in [0.15, 0.2) is 30.3 Å². The minimum absolute atomic E-state index is 0.0958. The molecule has 0 radical (unpaired) electrons. The summed E-state index contributed by atoms with van der Waals surface area (Å²) in [5, 5.41) is 18.1. The molecule has 0 aliphatic heterocycles. The Morgan fingerprint density at radius 1 is 0.973 bits per heavy atom. The fraction of sp³-hybridized carbons (Fsp3) is 0.630. The normalized spacial score (nSPS) is 16.1. The van der Waals surface area contributed by atoms with Crippen molar-refractivity contribution in [1.82, 2.24) is 20.9 Å². The summed E-state index contributed by atoms with van der Waals surface area (Å²) in [5.74, 6) is -2.39. The summed E-state index contributed by atoms with van der Waals surface area (Å²) in [4.78, 5) is 53.2. The van der Waals surface area contributed by atoms with Crippen LogP contribution in [0.4, 0.5) is 0 Å². The highest BCUT2D eigenvalue weighted by molar-refractivity contribution is 5.94. The number of likely N-dealkylation sites (N-methyl/N-ethyl adjacent to an activating group) is 2. The monoisotopic (exact) mass is 519 g/mol. The summed E-state index contributed by atoms with van der Waals surface area (Å²) in [6.45, 7) is 8.93. The van der Waals surface area contributed by atoms with E-state index in [2.05, 4.69) is 16.0 Å². The molecule has 0 saturated heterocycles. The summed E-state index contributed by atoms with van der Waals surface area (Å²) in [6, 6.07) is 5.98. The van der Waals surface area contributed by atoms with E-state index in [1.807, 2.05) is 51.1 Å². The van der Waals surface area contributed by atoms with Gasteiger partial charge in [-0.25, -0.2) is 0 Å². The number of nitrogens with two attached hydrogens (primary N) is 1. The van der Waals surface area contributed by atoms with Gasteiger partial charge in [-0.3, -0.25) is 19.2 Å². The Kier molecular flexibility index (Phi) is 13.3. The van der Waals surface area contributed by atoms with E-state index in [0.717, 1.165) is 5.56 Å². The Balaban J connectivity index is 3.15. The standard InChI is InChI=1S/C27H45N5O5/c1-8-17(4)22(26(36)31-23(18(5)33)24(28)34)30-25(35)21(14-16(2)3)32(7)27(37)20(29-6)15-19-12-10-9-11-13-19/h9-13,16-18,20-23,29,33H,8,14-15H2,1-7H3,(H2,28,34)(H,30,35)(H,31,36)/t17-,18+,20-,21-,22-,23-/m0/s1. The fourth-order valence-electron chi connectivity index (χ4n) is 4.07. The Hall–Kier alpha value is -2.98. The third-order valence-corrected chi connectivity index (χ3v) is 6.62. The van der Waals surface area contributed by atoms with Gasteiger partial charge in [0.05, 0.1) is 12.1 Å². The van der Waals surface area contributed by atoms with Crippen molar-refractivity contribution in [2.24, 2.45) is 17.6 Å². The van der Waals surface area contributed by atoms with Gasteiger partial charge in [-0.1, -0.05) is 64.4 Å². The third-order valence-electron chi connectivity index (χ3n) is 6.62. The van der Waals surface area contributed by atoms with Crippen molar-refractivity contribution in [3.8, 4) is 0 Å². The van der Waals surface area contributed by atoms with Gasteiger partial charge < -0.3 is 31.7 Å². The lowest BCUT2D eigenvalue weighted by molar-refractivity contribution is -0.142. The van der Waals surface area contributed by atoms with Gasteiger partial charge in [0.2, 0.25) is 23.6 Å². The number of hydrogen-bond acceptors (Lipinski definition) is 6. The van der Waals surface area contributed by atoms with Crippen molar-refractivity contribution in [2.45, 2.75) is 84.2 Å². The van der Waals surface area contributed by atoms with Crippen LogP contribution >= 0.6 is 0 Å². The summed E-state index contributed by atoms with van der Waals surface area (Å²) in [5.41, 5.74) is 6.31. The van der Waals surface area contributed by atoms with Crippen molar-refractivity contribution >= 4 is 23.6 Å². The van der Waals surface area contributed by atoms with Gasteiger partial charge >= 0.3 is 0 Å². The molecule has 0 unspecified atom stereocenters. The van der Waals surface area contributed by atoms with Gasteiger partial charge in [0, 0.05) is 7.05 Å². The van der Waals surface area contributed by atoms with Gasteiger partial charge in [-0.05, 0) is 44.2 Å². The van der Waals surface area contributed by atoms with Gasteiger partial charge in [0.25, 0.3) is 0 Å². The first kappa shape index (κ1) is 32.0. The van der Waals surface area contributed by atoms with Crippen molar-refractivity contribution < 1.29 is 24.3 Å². The van der Waals surface area contributed by atoms with Crippen LogP contribution in [-0.4, -0.2) is 78.0 Å². The molecule has 10 nitrogen and oxygen atoms in total. The maximum atomic E-state index is 13.5. The van der Waals surface area contributed by atoms with E-state index in [9.17, 15) is 24.3 Å². The lowest BCUT2D eigenvalue weighted by Crippen LogP contribution is -2.60. The number of aliphatic hydroxyl groups excluding tert-OH is 1. The zero-order valence-corrected chi connectivity index (χ0v) is 23.2. The van der Waals surface area contributed by atoms with Crippen molar-refractivity contribution in [3.05, 3.63) is 35.9 Å². The summed E-state index contributed by atoms with van der Waals surface area (Å²) < 4.78 is 0. The van der Waals surface area contributed by atoms with E-state index < -0.39 is 48.0 Å². The maximum absolute atomic E-state index is 13.5. The molecule has 37 heavy (non-hydrogen) atoms. The molecule has 1 aromatic rings. The predicted molar refractivity (Wildman–Crippen MR) is 143 cm³/mol. The minimum Gasteiger partial charge on any atom is -0.391 e. The highest BCUT2D eigenvalue weighted by Gasteiger charge is 2.36. The highest BCUT2D eigenvalue weighted by Crippen LogP contribution is 2.16. The van der Waals surface area contributed by atoms with E-state index in [0.29, 0.717) is 19.3 Å². The molecule has 0 saturated carbocycles. The molecule has 6 atom stereocenters. The van der Waals surface area contributed by atoms with Crippen LogP contribution in [0.2, 0.25) is 0 Å². The second-order valence-corrected chi connectivity index (χ2v) is 10.1. The lowest BCUT2D eigenvalue weighted by Gasteiger charge is -2.34. The Morgan fingerprint density at radius 3 is 2.00 bits per heavy atom. The molecule has 0 spiro atoms. The first-order chi connectivity index (χ1) is 17.3. The van der Waals surface area contributed by atoms with Crippen molar-refractivity contribution in [3.63, 3.8) is 0 Å². The quantitative estimate of drug-likeness (QED) is 0.228. The molecule has 1 rings (SSSR count). The topological polar surface area (TPSA) is 154 Å². The SMILES string of the molecule is CC[C@H](C)[C@H](NC(=O)[C@H](CC(C)C)N(C)C(=O)[C@H](Cc1ccccc1)NC)C(=O)N[C@H](C(N)=O)[C@@H](C)O. The van der Waals surface area contributed by atoms with Gasteiger partial charge in [-0.15, -0.1) is 0 Å². The molecular formula is C27H45N5O5.